The molecule has 1 aliphatic heterocycles. The zero-order valence-corrected chi connectivity index (χ0v) is 16.6. The summed E-state index contributed by atoms with van der Waals surface area (Å²) in [6, 6.07) is 17.9. The van der Waals surface area contributed by atoms with Crippen LogP contribution in [0, 0.1) is 5.92 Å². The lowest BCUT2D eigenvalue weighted by molar-refractivity contribution is -0.135. The number of hydrogen-bond donors (Lipinski definition) is 2. The molecule has 2 aromatic carbocycles. The maximum absolute atomic E-state index is 12.9. The summed E-state index contributed by atoms with van der Waals surface area (Å²) < 4.78 is 0. The van der Waals surface area contributed by atoms with Gasteiger partial charge in [-0.25, -0.2) is 5.48 Å². The third-order valence-corrected chi connectivity index (χ3v) is 5.20. The van der Waals surface area contributed by atoms with Gasteiger partial charge in [0.15, 0.2) is 0 Å². The number of hydrogen-bond acceptors (Lipinski definition) is 4. The number of amides is 2. The number of carbonyl (C=O) groups is 2. The predicted octanol–water partition coefficient (Wildman–Crippen LogP) is 2.73. The van der Waals surface area contributed by atoms with E-state index in [0.29, 0.717) is 13.1 Å². The fourth-order valence-electron chi connectivity index (χ4n) is 3.65. The SMILES string of the molecule is CC(Cc1ccccc1)C(=O)N1CCN(c2ccccc2/C=C/C(=O)NO)CC1. The van der Waals surface area contributed by atoms with Gasteiger partial charge in [0.05, 0.1) is 0 Å². The summed E-state index contributed by atoms with van der Waals surface area (Å²) in [7, 11) is 0. The Balaban J connectivity index is 1.60. The van der Waals surface area contributed by atoms with E-state index in [1.807, 2.05) is 54.3 Å². The minimum absolute atomic E-state index is 0.0452. The molecule has 0 saturated carbocycles. The van der Waals surface area contributed by atoms with Crippen molar-refractivity contribution in [2.24, 2.45) is 5.92 Å². The van der Waals surface area contributed by atoms with E-state index in [-0.39, 0.29) is 11.8 Å². The Morgan fingerprint density at radius 2 is 1.69 bits per heavy atom. The molecule has 1 saturated heterocycles. The first kappa shape index (κ1) is 20.6. The zero-order valence-electron chi connectivity index (χ0n) is 16.6. The number of rotatable bonds is 6. The molecule has 3 rings (SSSR count). The minimum Gasteiger partial charge on any atom is -0.367 e. The van der Waals surface area contributed by atoms with E-state index in [1.54, 1.807) is 11.6 Å². The maximum Gasteiger partial charge on any atom is 0.267 e. The molecule has 0 aliphatic carbocycles. The van der Waals surface area contributed by atoms with Crippen molar-refractivity contribution in [3.05, 3.63) is 71.8 Å². The molecule has 1 fully saturated rings. The molecule has 0 radical (unpaired) electrons. The fraction of sp³-hybridized carbons (Fsp3) is 0.304. The van der Waals surface area contributed by atoms with Crippen molar-refractivity contribution in [2.75, 3.05) is 31.1 Å². The average Bonchev–Trinajstić information content (AvgIpc) is 2.78. The van der Waals surface area contributed by atoms with Crippen LogP contribution < -0.4 is 10.4 Å². The van der Waals surface area contributed by atoms with Crippen LogP contribution in [0.3, 0.4) is 0 Å². The number of piperazine rings is 1. The Kier molecular flexibility index (Phi) is 7.03. The summed E-state index contributed by atoms with van der Waals surface area (Å²) in [6.45, 7) is 4.82. The first-order valence-corrected chi connectivity index (χ1v) is 9.87. The van der Waals surface area contributed by atoms with Crippen molar-refractivity contribution < 1.29 is 14.8 Å². The first-order chi connectivity index (χ1) is 14.1. The summed E-state index contributed by atoms with van der Waals surface area (Å²) in [5, 5.41) is 8.65. The average molecular weight is 393 g/mol. The van der Waals surface area contributed by atoms with Crippen LogP contribution in [-0.4, -0.2) is 48.1 Å². The van der Waals surface area contributed by atoms with Gasteiger partial charge in [0, 0.05) is 43.9 Å². The Hall–Kier alpha value is -3.12. The highest BCUT2D eigenvalue weighted by Gasteiger charge is 2.25. The largest absolute Gasteiger partial charge is 0.367 e. The number of carbonyl (C=O) groups excluding carboxylic acids is 2. The molecule has 1 aliphatic rings. The van der Waals surface area contributed by atoms with Gasteiger partial charge in [0.25, 0.3) is 5.91 Å². The molecule has 0 aromatic heterocycles. The Morgan fingerprint density at radius 1 is 1.03 bits per heavy atom. The van der Waals surface area contributed by atoms with Crippen LogP contribution >= 0.6 is 0 Å². The Labute approximate surface area is 171 Å². The van der Waals surface area contributed by atoms with Crippen LogP contribution in [0.2, 0.25) is 0 Å². The predicted molar refractivity (Wildman–Crippen MR) is 114 cm³/mol. The minimum atomic E-state index is -0.567. The van der Waals surface area contributed by atoms with E-state index in [4.69, 9.17) is 5.21 Å². The van der Waals surface area contributed by atoms with Gasteiger partial charge in [-0.3, -0.25) is 14.8 Å². The standard InChI is InChI=1S/C23H27N3O3/c1-18(17-19-7-3-2-4-8-19)23(28)26-15-13-25(14-16-26)21-10-6-5-9-20(21)11-12-22(27)24-29/h2-12,18,29H,13-17H2,1H3,(H,24,27)/b12-11+. The Morgan fingerprint density at radius 3 is 2.38 bits per heavy atom. The molecule has 29 heavy (non-hydrogen) atoms. The monoisotopic (exact) mass is 393 g/mol. The van der Waals surface area contributed by atoms with E-state index in [1.165, 1.54) is 11.6 Å². The van der Waals surface area contributed by atoms with Crippen molar-refractivity contribution >= 4 is 23.6 Å². The molecule has 1 unspecified atom stereocenters. The normalized spacial score (nSPS) is 15.4. The molecule has 1 heterocycles. The van der Waals surface area contributed by atoms with Gasteiger partial charge in [-0.05, 0) is 29.7 Å². The molecule has 0 bridgehead atoms. The van der Waals surface area contributed by atoms with Crippen molar-refractivity contribution in [2.45, 2.75) is 13.3 Å². The van der Waals surface area contributed by atoms with Crippen LogP contribution in [0.5, 0.6) is 0 Å². The number of nitrogens with zero attached hydrogens (tertiary/aromatic N) is 2. The van der Waals surface area contributed by atoms with E-state index in [9.17, 15) is 9.59 Å². The second-order valence-corrected chi connectivity index (χ2v) is 7.27. The molecule has 2 N–H and O–H groups in total. The lowest BCUT2D eigenvalue weighted by atomic mass is 9.99. The lowest BCUT2D eigenvalue weighted by Gasteiger charge is -2.37. The molecule has 6 nitrogen and oxygen atoms in total. The van der Waals surface area contributed by atoms with Gasteiger partial charge in [0.1, 0.15) is 0 Å². The van der Waals surface area contributed by atoms with E-state index < -0.39 is 5.91 Å². The van der Waals surface area contributed by atoms with Gasteiger partial charge < -0.3 is 9.80 Å². The third-order valence-electron chi connectivity index (χ3n) is 5.20. The van der Waals surface area contributed by atoms with E-state index in [2.05, 4.69) is 17.0 Å². The van der Waals surface area contributed by atoms with Crippen LogP contribution in [0.1, 0.15) is 18.1 Å². The second-order valence-electron chi connectivity index (χ2n) is 7.27. The summed E-state index contributed by atoms with van der Waals surface area (Å²) >= 11 is 0. The number of hydroxylamine groups is 1. The topological polar surface area (TPSA) is 72.9 Å². The van der Waals surface area contributed by atoms with Gasteiger partial charge in [0.2, 0.25) is 5.91 Å². The third kappa shape index (κ3) is 5.45. The highest BCUT2D eigenvalue weighted by Crippen LogP contribution is 2.24. The molecule has 2 aromatic rings. The van der Waals surface area contributed by atoms with E-state index in [0.717, 1.165) is 30.8 Å². The highest BCUT2D eigenvalue weighted by molar-refractivity contribution is 5.92. The van der Waals surface area contributed by atoms with Gasteiger partial charge in [-0.1, -0.05) is 55.5 Å². The molecule has 2 amide bonds. The van der Waals surface area contributed by atoms with Gasteiger partial charge in [-0.15, -0.1) is 0 Å². The number of para-hydroxylation sites is 1. The lowest BCUT2D eigenvalue weighted by Crippen LogP contribution is -2.50. The van der Waals surface area contributed by atoms with Crippen molar-refractivity contribution in [3.63, 3.8) is 0 Å². The summed E-state index contributed by atoms with van der Waals surface area (Å²) in [5.41, 5.74) is 4.69. The van der Waals surface area contributed by atoms with E-state index >= 15 is 0 Å². The number of nitrogens with one attached hydrogen (secondary N) is 1. The van der Waals surface area contributed by atoms with Crippen LogP contribution in [0.4, 0.5) is 5.69 Å². The second kappa shape index (κ2) is 9.89. The van der Waals surface area contributed by atoms with Crippen LogP contribution in [-0.2, 0) is 16.0 Å². The summed E-state index contributed by atoms with van der Waals surface area (Å²) in [4.78, 5) is 28.3. The summed E-state index contributed by atoms with van der Waals surface area (Å²) in [5.74, 6) is -0.417. The maximum atomic E-state index is 12.9. The van der Waals surface area contributed by atoms with Gasteiger partial charge in [-0.2, -0.15) is 0 Å². The Bertz CT molecular complexity index is 859. The van der Waals surface area contributed by atoms with Gasteiger partial charge >= 0.3 is 0 Å². The number of benzene rings is 2. The van der Waals surface area contributed by atoms with Crippen molar-refractivity contribution in [1.29, 1.82) is 0 Å². The van der Waals surface area contributed by atoms with Crippen LogP contribution in [0.25, 0.3) is 6.08 Å². The smallest absolute Gasteiger partial charge is 0.267 e. The molecular formula is C23H27N3O3. The summed E-state index contributed by atoms with van der Waals surface area (Å²) in [6.07, 6.45) is 3.73. The molecule has 152 valence electrons. The highest BCUT2D eigenvalue weighted by atomic mass is 16.5. The zero-order chi connectivity index (χ0) is 20.6. The molecule has 1 atom stereocenters. The molecular weight excluding hydrogens is 366 g/mol. The van der Waals surface area contributed by atoms with Crippen molar-refractivity contribution in [3.8, 4) is 0 Å². The molecule has 0 spiro atoms. The molecule has 6 heteroatoms. The quantitative estimate of drug-likeness (QED) is 0.450. The first-order valence-electron chi connectivity index (χ1n) is 9.87. The fourth-order valence-corrected chi connectivity index (χ4v) is 3.65. The van der Waals surface area contributed by atoms with Crippen LogP contribution in [0.15, 0.2) is 60.7 Å². The number of anilines is 1. The van der Waals surface area contributed by atoms with Crippen molar-refractivity contribution in [1.82, 2.24) is 10.4 Å².